The van der Waals surface area contributed by atoms with Crippen LogP contribution in [0.2, 0.25) is 0 Å². The van der Waals surface area contributed by atoms with Crippen LogP contribution in [0.1, 0.15) is 39.2 Å². The Hall–Kier alpha value is -2.37. The lowest BCUT2D eigenvalue weighted by molar-refractivity contribution is 0.0206. The SMILES string of the molecule is Cc1cc(F)cc2ccnc(N[C@@H]3CCCN(C(=O)OC(C)(C)C)C3)c12. The van der Waals surface area contributed by atoms with E-state index >= 15 is 0 Å². The Bertz CT molecular complexity index is 817. The van der Waals surface area contributed by atoms with Gasteiger partial charge in [0.1, 0.15) is 17.2 Å². The highest BCUT2D eigenvalue weighted by Gasteiger charge is 2.28. The van der Waals surface area contributed by atoms with Crippen molar-refractivity contribution in [3.63, 3.8) is 0 Å². The number of pyridine rings is 1. The molecule has 1 atom stereocenters. The number of anilines is 1. The fourth-order valence-electron chi connectivity index (χ4n) is 3.37. The number of nitrogens with one attached hydrogen (secondary N) is 1. The van der Waals surface area contributed by atoms with E-state index in [9.17, 15) is 9.18 Å². The Kier molecular flexibility index (Phi) is 5.03. The van der Waals surface area contributed by atoms with Gasteiger partial charge in [0.15, 0.2) is 0 Å². The third kappa shape index (κ3) is 4.23. The summed E-state index contributed by atoms with van der Waals surface area (Å²) in [5.41, 5.74) is 0.339. The lowest BCUT2D eigenvalue weighted by Crippen LogP contribution is -2.47. The second-order valence-electron chi connectivity index (χ2n) is 7.89. The smallest absolute Gasteiger partial charge is 0.410 e. The van der Waals surface area contributed by atoms with E-state index in [0.29, 0.717) is 13.1 Å². The zero-order valence-corrected chi connectivity index (χ0v) is 15.8. The number of carbonyl (C=O) groups is 1. The maximum atomic E-state index is 13.7. The molecule has 0 unspecified atom stereocenters. The molecule has 1 aliphatic heterocycles. The van der Waals surface area contributed by atoms with Gasteiger partial charge in [-0.05, 0) is 69.7 Å². The molecule has 5 nitrogen and oxygen atoms in total. The molecular weight excluding hydrogens is 333 g/mol. The van der Waals surface area contributed by atoms with Gasteiger partial charge < -0.3 is 15.0 Å². The first kappa shape index (κ1) is 18.4. The molecule has 0 bridgehead atoms. The van der Waals surface area contributed by atoms with Gasteiger partial charge in [-0.15, -0.1) is 0 Å². The number of aryl methyl sites for hydroxylation is 1. The number of fused-ring (bicyclic) bond motifs is 1. The Morgan fingerprint density at radius 2 is 2.15 bits per heavy atom. The van der Waals surface area contributed by atoms with E-state index in [1.165, 1.54) is 12.1 Å². The summed E-state index contributed by atoms with van der Waals surface area (Å²) in [5.74, 6) is 0.483. The third-order valence-electron chi connectivity index (χ3n) is 4.44. The van der Waals surface area contributed by atoms with Gasteiger partial charge in [-0.2, -0.15) is 0 Å². The molecule has 140 valence electrons. The average molecular weight is 359 g/mol. The molecular formula is C20H26FN3O2. The number of amides is 1. The molecule has 1 saturated heterocycles. The van der Waals surface area contributed by atoms with Gasteiger partial charge in [0.05, 0.1) is 0 Å². The predicted octanol–water partition coefficient (Wildman–Crippen LogP) is 4.49. The largest absolute Gasteiger partial charge is 0.444 e. The normalized spacial score (nSPS) is 18.0. The van der Waals surface area contributed by atoms with Crippen LogP contribution < -0.4 is 5.32 Å². The van der Waals surface area contributed by atoms with Gasteiger partial charge in [0, 0.05) is 30.7 Å². The van der Waals surface area contributed by atoms with Crippen molar-refractivity contribution in [3.8, 4) is 0 Å². The number of ether oxygens (including phenoxy) is 1. The van der Waals surface area contributed by atoms with Crippen molar-refractivity contribution < 1.29 is 13.9 Å². The quantitative estimate of drug-likeness (QED) is 0.858. The van der Waals surface area contributed by atoms with Crippen LogP contribution >= 0.6 is 0 Å². The maximum absolute atomic E-state index is 13.7. The number of benzene rings is 1. The highest BCUT2D eigenvalue weighted by Crippen LogP contribution is 2.27. The van der Waals surface area contributed by atoms with Gasteiger partial charge >= 0.3 is 6.09 Å². The molecule has 6 heteroatoms. The topological polar surface area (TPSA) is 54.5 Å². The van der Waals surface area contributed by atoms with Crippen LogP contribution in [0.4, 0.5) is 15.0 Å². The summed E-state index contributed by atoms with van der Waals surface area (Å²) < 4.78 is 19.1. The van der Waals surface area contributed by atoms with Crippen molar-refractivity contribution in [2.24, 2.45) is 0 Å². The van der Waals surface area contributed by atoms with Crippen molar-refractivity contribution in [3.05, 3.63) is 35.8 Å². The van der Waals surface area contributed by atoms with E-state index in [4.69, 9.17) is 4.74 Å². The first-order valence-corrected chi connectivity index (χ1v) is 9.02. The van der Waals surface area contributed by atoms with E-state index in [2.05, 4.69) is 10.3 Å². The van der Waals surface area contributed by atoms with E-state index in [-0.39, 0.29) is 18.0 Å². The molecule has 1 N–H and O–H groups in total. The molecule has 1 aromatic heterocycles. The number of likely N-dealkylation sites (tertiary alicyclic amines) is 1. The highest BCUT2D eigenvalue weighted by atomic mass is 19.1. The molecule has 3 rings (SSSR count). The van der Waals surface area contributed by atoms with Gasteiger partial charge in [0.25, 0.3) is 0 Å². The van der Waals surface area contributed by atoms with Crippen LogP contribution in [0.25, 0.3) is 10.8 Å². The summed E-state index contributed by atoms with van der Waals surface area (Å²) >= 11 is 0. The molecule has 1 fully saturated rings. The van der Waals surface area contributed by atoms with Crippen molar-refractivity contribution in [1.82, 2.24) is 9.88 Å². The first-order chi connectivity index (χ1) is 12.2. The number of rotatable bonds is 2. The van der Waals surface area contributed by atoms with Crippen molar-refractivity contribution in [1.29, 1.82) is 0 Å². The summed E-state index contributed by atoms with van der Waals surface area (Å²) in [6, 6.07) is 4.93. The molecule has 0 spiro atoms. The summed E-state index contributed by atoms with van der Waals surface area (Å²) in [4.78, 5) is 18.5. The minimum absolute atomic E-state index is 0.0822. The zero-order chi connectivity index (χ0) is 18.9. The number of hydrogen-bond donors (Lipinski definition) is 1. The van der Waals surface area contributed by atoms with Crippen LogP contribution in [0.5, 0.6) is 0 Å². The summed E-state index contributed by atoms with van der Waals surface area (Å²) in [6.45, 7) is 8.74. The summed E-state index contributed by atoms with van der Waals surface area (Å²) in [6.07, 6.45) is 3.23. The minimum atomic E-state index is -0.504. The average Bonchev–Trinajstić information content (AvgIpc) is 2.53. The number of halogens is 1. The third-order valence-corrected chi connectivity index (χ3v) is 4.44. The number of aromatic nitrogens is 1. The van der Waals surface area contributed by atoms with Gasteiger partial charge in [0.2, 0.25) is 0 Å². The van der Waals surface area contributed by atoms with Crippen LogP contribution in [-0.2, 0) is 4.74 Å². The molecule has 2 aromatic rings. The first-order valence-electron chi connectivity index (χ1n) is 9.02. The minimum Gasteiger partial charge on any atom is -0.444 e. The molecule has 1 aromatic carbocycles. The fourth-order valence-corrected chi connectivity index (χ4v) is 3.37. The molecule has 0 saturated carbocycles. The van der Waals surface area contributed by atoms with E-state index in [1.54, 1.807) is 11.1 Å². The number of hydrogen-bond acceptors (Lipinski definition) is 4. The van der Waals surface area contributed by atoms with E-state index in [1.807, 2.05) is 33.8 Å². The number of carbonyl (C=O) groups excluding carboxylic acids is 1. The number of nitrogens with zero attached hydrogens (tertiary/aromatic N) is 2. The molecule has 2 heterocycles. The Morgan fingerprint density at radius 3 is 2.88 bits per heavy atom. The summed E-state index contributed by atoms with van der Waals surface area (Å²) in [7, 11) is 0. The monoisotopic (exact) mass is 359 g/mol. The predicted molar refractivity (Wildman–Crippen MR) is 101 cm³/mol. The maximum Gasteiger partial charge on any atom is 0.410 e. The van der Waals surface area contributed by atoms with Gasteiger partial charge in [-0.1, -0.05) is 0 Å². The second kappa shape index (κ2) is 7.09. The van der Waals surface area contributed by atoms with E-state index < -0.39 is 5.60 Å². The lowest BCUT2D eigenvalue weighted by Gasteiger charge is -2.34. The molecule has 1 aliphatic rings. The van der Waals surface area contributed by atoms with Crippen molar-refractivity contribution in [2.45, 2.75) is 52.2 Å². The highest BCUT2D eigenvalue weighted by molar-refractivity contribution is 5.94. The van der Waals surface area contributed by atoms with Crippen LogP contribution in [0.15, 0.2) is 24.4 Å². The zero-order valence-electron chi connectivity index (χ0n) is 15.8. The standard InChI is InChI=1S/C20H26FN3O2/c1-13-10-15(21)11-14-7-8-22-18(17(13)14)23-16-6-5-9-24(12-16)19(25)26-20(2,3)4/h7-8,10-11,16H,5-6,9,12H2,1-4H3,(H,22,23)/t16-/m1/s1. The van der Waals surface area contributed by atoms with Crippen LogP contribution in [-0.4, -0.2) is 40.7 Å². The van der Waals surface area contributed by atoms with Crippen LogP contribution in [0.3, 0.4) is 0 Å². The number of piperidine rings is 1. The second-order valence-corrected chi connectivity index (χ2v) is 7.89. The Balaban J connectivity index is 1.77. The molecule has 1 amide bonds. The van der Waals surface area contributed by atoms with E-state index in [0.717, 1.165) is 35.0 Å². The Morgan fingerprint density at radius 1 is 1.38 bits per heavy atom. The lowest BCUT2D eigenvalue weighted by atomic mass is 10.0. The Labute approximate surface area is 153 Å². The summed E-state index contributed by atoms with van der Waals surface area (Å²) in [5, 5.41) is 5.19. The molecule has 0 radical (unpaired) electrons. The fraction of sp³-hybridized carbons (Fsp3) is 0.500. The van der Waals surface area contributed by atoms with Crippen molar-refractivity contribution in [2.75, 3.05) is 18.4 Å². The molecule has 0 aliphatic carbocycles. The van der Waals surface area contributed by atoms with Gasteiger partial charge in [-0.3, -0.25) is 0 Å². The van der Waals surface area contributed by atoms with Crippen LogP contribution in [0, 0.1) is 12.7 Å². The van der Waals surface area contributed by atoms with Crippen molar-refractivity contribution >= 4 is 22.7 Å². The van der Waals surface area contributed by atoms with Gasteiger partial charge in [-0.25, -0.2) is 14.2 Å². The molecule has 26 heavy (non-hydrogen) atoms.